The highest BCUT2D eigenvalue weighted by Crippen LogP contribution is 2.05. The van der Waals surface area contributed by atoms with Gasteiger partial charge >= 0.3 is 5.97 Å². The third-order valence-electron chi connectivity index (χ3n) is 1.95. The fraction of sp³-hybridized carbons (Fsp3) is 0.364. The number of ether oxygens (including phenoxy) is 1. The van der Waals surface area contributed by atoms with Crippen LogP contribution in [0.3, 0.4) is 0 Å². The third kappa shape index (κ3) is 3.69. The van der Waals surface area contributed by atoms with Crippen LogP contribution in [-0.2, 0) is 16.1 Å². The molecular formula is C11H14O4. The summed E-state index contributed by atoms with van der Waals surface area (Å²) in [6.07, 6.45) is -1.45. The average molecular weight is 210 g/mol. The van der Waals surface area contributed by atoms with Crippen LogP contribution in [0, 0.1) is 6.92 Å². The fourth-order valence-corrected chi connectivity index (χ4v) is 1.01. The van der Waals surface area contributed by atoms with Crippen LogP contribution in [0.5, 0.6) is 0 Å². The first-order valence-corrected chi connectivity index (χ1v) is 4.64. The SMILES string of the molecule is Cc1ccc(COC(=O)C(O)CO)cc1. The van der Waals surface area contributed by atoms with Crippen LogP contribution >= 0.6 is 0 Å². The van der Waals surface area contributed by atoms with E-state index in [0.29, 0.717) is 0 Å². The average Bonchev–Trinajstić information content (AvgIpc) is 2.26. The molecule has 1 unspecified atom stereocenters. The molecule has 0 fully saturated rings. The van der Waals surface area contributed by atoms with E-state index in [-0.39, 0.29) is 6.61 Å². The Morgan fingerprint density at radius 2 is 2.00 bits per heavy atom. The minimum Gasteiger partial charge on any atom is -0.459 e. The van der Waals surface area contributed by atoms with Crippen molar-refractivity contribution in [3.63, 3.8) is 0 Å². The number of carbonyl (C=O) groups is 1. The summed E-state index contributed by atoms with van der Waals surface area (Å²) in [5, 5.41) is 17.4. The van der Waals surface area contributed by atoms with Crippen molar-refractivity contribution >= 4 is 5.97 Å². The van der Waals surface area contributed by atoms with E-state index in [2.05, 4.69) is 0 Å². The summed E-state index contributed by atoms with van der Waals surface area (Å²) >= 11 is 0. The van der Waals surface area contributed by atoms with Crippen LogP contribution in [0.2, 0.25) is 0 Å². The number of rotatable bonds is 4. The molecule has 0 spiro atoms. The first-order valence-electron chi connectivity index (χ1n) is 4.64. The second kappa shape index (κ2) is 5.48. The highest BCUT2D eigenvalue weighted by atomic mass is 16.5. The van der Waals surface area contributed by atoms with Gasteiger partial charge in [-0.25, -0.2) is 4.79 Å². The number of benzene rings is 1. The second-order valence-electron chi connectivity index (χ2n) is 3.29. The Morgan fingerprint density at radius 3 is 2.53 bits per heavy atom. The highest BCUT2D eigenvalue weighted by molar-refractivity contribution is 5.74. The summed E-state index contributed by atoms with van der Waals surface area (Å²) in [6.45, 7) is 1.45. The Balaban J connectivity index is 2.43. The van der Waals surface area contributed by atoms with Crippen molar-refractivity contribution < 1.29 is 19.7 Å². The molecule has 1 rings (SSSR count). The molecule has 4 nitrogen and oxygen atoms in total. The van der Waals surface area contributed by atoms with Crippen molar-refractivity contribution in [1.82, 2.24) is 0 Å². The minimum atomic E-state index is -1.45. The predicted octanol–water partition coefficient (Wildman–Crippen LogP) is 0.391. The second-order valence-corrected chi connectivity index (χ2v) is 3.29. The molecule has 1 aromatic rings. The standard InChI is InChI=1S/C11H14O4/c1-8-2-4-9(5-3-8)7-15-11(14)10(13)6-12/h2-5,10,12-13H,6-7H2,1H3. The fourth-order valence-electron chi connectivity index (χ4n) is 1.01. The minimum absolute atomic E-state index is 0.107. The number of aryl methyl sites for hydroxylation is 1. The molecule has 0 aliphatic carbocycles. The first kappa shape index (κ1) is 11.7. The van der Waals surface area contributed by atoms with Gasteiger partial charge in [0.15, 0.2) is 6.10 Å². The van der Waals surface area contributed by atoms with Gasteiger partial charge in [-0.15, -0.1) is 0 Å². The van der Waals surface area contributed by atoms with Gasteiger partial charge in [-0.05, 0) is 12.5 Å². The lowest BCUT2D eigenvalue weighted by Gasteiger charge is -2.08. The van der Waals surface area contributed by atoms with Crippen molar-refractivity contribution in [1.29, 1.82) is 0 Å². The van der Waals surface area contributed by atoms with Gasteiger partial charge in [0.1, 0.15) is 6.61 Å². The molecule has 2 N–H and O–H groups in total. The molecule has 0 aromatic heterocycles. The molecule has 1 aromatic carbocycles. The van der Waals surface area contributed by atoms with Gasteiger partial charge in [0.05, 0.1) is 6.61 Å². The molecule has 0 aliphatic heterocycles. The molecular weight excluding hydrogens is 196 g/mol. The summed E-state index contributed by atoms with van der Waals surface area (Å²) < 4.78 is 4.77. The van der Waals surface area contributed by atoms with Crippen LogP contribution in [-0.4, -0.2) is 28.9 Å². The van der Waals surface area contributed by atoms with Crippen LogP contribution in [0.4, 0.5) is 0 Å². The highest BCUT2D eigenvalue weighted by Gasteiger charge is 2.14. The monoisotopic (exact) mass is 210 g/mol. The molecule has 0 amide bonds. The number of hydrogen-bond donors (Lipinski definition) is 2. The molecule has 0 radical (unpaired) electrons. The van der Waals surface area contributed by atoms with Gasteiger partial charge in [-0.3, -0.25) is 0 Å². The molecule has 4 heteroatoms. The topological polar surface area (TPSA) is 66.8 Å². The van der Waals surface area contributed by atoms with E-state index in [4.69, 9.17) is 14.9 Å². The maximum absolute atomic E-state index is 11.0. The summed E-state index contributed by atoms with van der Waals surface area (Å²) in [5.74, 6) is -0.807. The van der Waals surface area contributed by atoms with Gasteiger partial charge < -0.3 is 14.9 Å². The first-order chi connectivity index (χ1) is 7.13. The van der Waals surface area contributed by atoms with Crippen molar-refractivity contribution in [2.75, 3.05) is 6.61 Å². The Morgan fingerprint density at radius 1 is 1.40 bits per heavy atom. The summed E-state index contributed by atoms with van der Waals surface area (Å²) in [5.41, 5.74) is 1.97. The van der Waals surface area contributed by atoms with E-state index in [0.717, 1.165) is 11.1 Å². The van der Waals surface area contributed by atoms with Crippen LogP contribution in [0.15, 0.2) is 24.3 Å². The number of hydrogen-bond acceptors (Lipinski definition) is 4. The summed E-state index contributed by atoms with van der Waals surface area (Å²) in [7, 11) is 0. The smallest absolute Gasteiger partial charge is 0.337 e. The van der Waals surface area contributed by atoms with E-state index in [9.17, 15) is 4.79 Å². The van der Waals surface area contributed by atoms with Crippen molar-refractivity contribution in [3.8, 4) is 0 Å². The van der Waals surface area contributed by atoms with Crippen molar-refractivity contribution in [2.24, 2.45) is 0 Å². The summed E-state index contributed by atoms with van der Waals surface area (Å²) in [4.78, 5) is 11.0. The Hall–Kier alpha value is -1.39. The lowest BCUT2D eigenvalue weighted by molar-refractivity contribution is -0.156. The Kier molecular flexibility index (Phi) is 4.27. The molecule has 0 saturated heterocycles. The predicted molar refractivity (Wildman–Crippen MR) is 54.1 cm³/mol. The number of esters is 1. The van der Waals surface area contributed by atoms with Crippen LogP contribution in [0.25, 0.3) is 0 Å². The van der Waals surface area contributed by atoms with E-state index in [1.165, 1.54) is 0 Å². The van der Waals surface area contributed by atoms with E-state index in [1.54, 1.807) is 0 Å². The van der Waals surface area contributed by atoms with Crippen LogP contribution in [0.1, 0.15) is 11.1 Å². The largest absolute Gasteiger partial charge is 0.459 e. The zero-order valence-corrected chi connectivity index (χ0v) is 8.51. The van der Waals surface area contributed by atoms with Crippen molar-refractivity contribution in [2.45, 2.75) is 19.6 Å². The van der Waals surface area contributed by atoms with Gasteiger partial charge in [-0.1, -0.05) is 29.8 Å². The van der Waals surface area contributed by atoms with Crippen molar-refractivity contribution in [3.05, 3.63) is 35.4 Å². The Labute approximate surface area is 88.1 Å². The zero-order chi connectivity index (χ0) is 11.3. The van der Waals surface area contributed by atoms with Gasteiger partial charge in [0.25, 0.3) is 0 Å². The zero-order valence-electron chi connectivity index (χ0n) is 8.51. The molecule has 0 heterocycles. The Bertz CT molecular complexity index is 318. The quantitative estimate of drug-likeness (QED) is 0.705. The number of aliphatic hydroxyl groups is 2. The molecule has 82 valence electrons. The molecule has 0 aliphatic rings. The molecule has 0 saturated carbocycles. The lowest BCUT2D eigenvalue weighted by Crippen LogP contribution is -2.26. The maximum atomic E-state index is 11.0. The third-order valence-corrected chi connectivity index (χ3v) is 1.95. The molecule has 1 atom stereocenters. The number of carbonyl (C=O) groups excluding carboxylic acids is 1. The summed E-state index contributed by atoms with van der Waals surface area (Å²) in [6, 6.07) is 7.50. The lowest BCUT2D eigenvalue weighted by atomic mass is 10.2. The molecule has 15 heavy (non-hydrogen) atoms. The normalized spacial score (nSPS) is 12.2. The van der Waals surface area contributed by atoms with Crippen LogP contribution < -0.4 is 0 Å². The van der Waals surface area contributed by atoms with Gasteiger partial charge in [-0.2, -0.15) is 0 Å². The van der Waals surface area contributed by atoms with E-state index in [1.807, 2.05) is 31.2 Å². The number of aliphatic hydroxyl groups excluding tert-OH is 2. The van der Waals surface area contributed by atoms with E-state index >= 15 is 0 Å². The molecule has 0 bridgehead atoms. The van der Waals surface area contributed by atoms with E-state index < -0.39 is 18.7 Å². The van der Waals surface area contributed by atoms with Gasteiger partial charge in [0.2, 0.25) is 0 Å². The van der Waals surface area contributed by atoms with Gasteiger partial charge in [0, 0.05) is 0 Å². The maximum Gasteiger partial charge on any atom is 0.337 e.